The minimum absolute atomic E-state index is 0.183. The van der Waals surface area contributed by atoms with Gasteiger partial charge in [-0.15, -0.1) is 0 Å². The molecule has 24 heavy (non-hydrogen) atoms. The molecule has 1 heterocycles. The first-order chi connectivity index (χ1) is 11.0. The van der Waals surface area contributed by atoms with E-state index in [1.54, 1.807) is 37.5 Å². The normalized spacial score (nSPS) is 19.7. The maximum Gasteiger partial charge on any atom is 0.0480 e. The highest BCUT2D eigenvalue weighted by atomic mass is 31.2. The lowest BCUT2D eigenvalue weighted by atomic mass is 10.1. The second-order valence-electron chi connectivity index (χ2n) is 6.35. The van der Waals surface area contributed by atoms with Crippen LogP contribution in [-0.4, -0.2) is 46.5 Å². The van der Waals surface area contributed by atoms with E-state index in [4.69, 9.17) is 0 Å². The Morgan fingerprint density at radius 1 is 0.667 bits per heavy atom. The van der Waals surface area contributed by atoms with E-state index in [1.165, 1.54) is 0 Å². The molecule has 0 atom stereocenters. The molecular weight excluding hydrogens is 354 g/mol. The molecule has 1 aliphatic heterocycles. The van der Waals surface area contributed by atoms with Crippen LogP contribution in [-0.2, 0) is 9.13 Å². The lowest BCUT2D eigenvalue weighted by Crippen LogP contribution is -2.64. The topological polar surface area (TPSA) is 133 Å². The highest BCUT2D eigenvalue weighted by molar-refractivity contribution is 7.50. The number of hydrogen-bond acceptors (Lipinski definition) is 8. The van der Waals surface area contributed by atoms with Crippen LogP contribution in [0.2, 0.25) is 0 Å². The monoisotopic (exact) mass is 382 g/mol. The van der Waals surface area contributed by atoms with Gasteiger partial charge in [0.15, 0.2) is 0 Å². The Balaban J connectivity index is 3.04. The average Bonchev–Trinajstić information content (AvgIpc) is 2.49. The maximum absolute atomic E-state index is 11.8. The summed E-state index contributed by atoms with van der Waals surface area (Å²) in [6, 6.07) is 0. The van der Waals surface area contributed by atoms with Crippen molar-refractivity contribution in [3.05, 3.63) is 0 Å². The van der Waals surface area contributed by atoms with Crippen LogP contribution in [0.5, 0.6) is 0 Å². The van der Waals surface area contributed by atoms with Gasteiger partial charge in [0.2, 0.25) is 0 Å². The van der Waals surface area contributed by atoms with E-state index in [2.05, 4.69) is 0 Å². The summed E-state index contributed by atoms with van der Waals surface area (Å²) in [6.45, 7) is 7.67. The van der Waals surface area contributed by atoms with Crippen LogP contribution < -0.4 is 19.6 Å². The van der Waals surface area contributed by atoms with E-state index in [0.717, 1.165) is 0 Å². The lowest BCUT2D eigenvalue weighted by Gasteiger charge is -2.61. The van der Waals surface area contributed by atoms with Crippen LogP contribution in [0.25, 0.3) is 0 Å². The molecule has 0 aromatic carbocycles. The molecule has 0 radical (unpaired) electrons. The van der Waals surface area contributed by atoms with E-state index in [-0.39, 0.29) is 51.9 Å². The molecule has 0 aromatic heterocycles. The molecule has 0 spiro atoms. The first-order valence-corrected chi connectivity index (χ1v) is 11.6. The highest BCUT2D eigenvalue weighted by Gasteiger charge is 2.43. The number of rotatable bonds is 8. The van der Waals surface area contributed by atoms with Gasteiger partial charge in [0, 0.05) is 36.7 Å². The van der Waals surface area contributed by atoms with Crippen molar-refractivity contribution >= 4 is 15.2 Å². The maximum atomic E-state index is 11.8. The van der Waals surface area contributed by atoms with Gasteiger partial charge in [0.05, 0.1) is 0 Å². The summed E-state index contributed by atoms with van der Waals surface area (Å²) in [5.41, 5.74) is 0. The summed E-state index contributed by atoms with van der Waals surface area (Å²) in [4.78, 5) is 50.6. The second-order valence-corrected chi connectivity index (χ2v) is 10.0. The van der Waals surface area contributed by atoms with Crippen molar-refractivity contribution in [2.45, 2.75) is 63.9 Å². The van der Waals surface area contributed by atoms with Gasteiger partial charge < -0.3 is 28.7 Å². The third-order valence-electron chi connectivity index (χ3n) is 5.74. The van der Waals surface area contributed by atoms with E-state index < -0.39 is 25.8 Å². The minimum Gasteiger partial charge on any atom is -0.809 e. The molecule has 1 aliphatic rings. The summed E-state index contributed by atoms with van der Waals surface area (Å²) in [7, 11) is -9.71. The molecule has 144 valence electrons. The van der Waals surface area contributed by atoms with Crippen LogP contribution >= 0.6 is 15.2 Å². The third-order valence-corrected chi connectivity index (χ3v) is 9.61. The number of piperazine rings is 1. The molecule has 0 aliphatic carbocycles. The van der Waals surface area contributed by atoms with Crippen molar-refractivity contribution in [1.82, 2.24) is 9.80 Å². The fourth-order valence-electron chi connectivity index (χ4n) is 4.05. The fourth-order valence-corrected chi connectivity index (χ4v) is 6.70. The van der Waals surface area contributed by atoms with Crippen LogP contribution in [0.4, 0.5) is 0 Å². The molecule has 0 unspecified atom stereocenters. The molecule has 0 bridgehead atoms. The first kappa shape index (κ1) is 22.3. The molecule has 0 N–H and O–H groups in total. The standard InChI is InChI=1S/C14H32N2O6P2/c1-5-13(6-2,23(17,18)19)15-9-11-16(12-10-15)14(7-3,8-4)24(20,21)22/h5-12H2,1-4H3,(H2,17,18,19)(H2,20,21,22)/p-4. The van der Waals surface area contributed by atoms with Gasteiger partial charge in [-0.3, -0.25) is 9.80 Å². The second kappa shape index (κ2) is 7.85. The van der Waals surface area contributed by atoms with Gasteiger partial charge in [-0.1, -0.05) is 27.7 Å². The predicted molar refractivity (Wildman–Crippen MR) is 85.0 cm³/mol. The Kier molecular flexibility index (Phi) is 7.28. The number of hydrogen-bond donors (Lipinski definition) is 0. The molecular formula is C14H28N2O6P2-4. The van der Waals surface area contributed by atoms with Crippen LogP contribution in [0.15, 0.2) is 0 Å². The zero-order valence-electron chi connectivity index (χ0n) is 14.9. The summed E-state index contributed by atoms with van der Waals surface area (Å²) in [6.07, 6.45) is 0.730. The quantitative estimate of drug-likeness (QED) is 0.511. The van der Waals surface area contributed by atoms with Gasteiger partial charge in [0.25, 0.3) is 0 Å². The Labute approximate surface area is 144 Å². The molecule has 1 rings (SSSR count). The summed E-state index contributed by atoms with van der Waals surface area (Å²) < 4.78 is 23.7. The average molecular weight is 382 g/mol. The van der Waals surface area contributed by atoms with Crippen molar-refractivity contribution in [3.63, 3.8) is 0 Å². The lowest BCUT2D eigenvalue weighted by molar-refractivity contribution is -0.330. The highest BCUT2D eigenvalue weighted by Crippen LogP contribution is 2.53. The summed E-state index contributed by atoms with van der Waals surface area (Å²) in [5.74, 6) is 0. The van der Waals surface area contributed by atoms with Crippen molar-refractivity contribution in [2.75, 3.05) is 26.2 Å². The smallest absolute Gasteiger partial charge is 0.0480 e. The molecule has 1 saturated heterocycles. The Morgan fingerprint density at radius 3 is 1.00 bits per heavy atom. The van der Waals surface area contributed by atoms with E-state index in [9.17, 15) is 28.7 Å². The zero-order chi connectivity index (χ0) is 18.8. The van der Waals surface area contributed by atoms with E-state index in [1.807, 2.05) is 0 Å². The van der Waals surface area contributed by atoms with Crippen molar-refractivity contribution in [1.29, 1.82) is 0 Å². The molecule has 10 heteroatoms. The van der Waals surface area contributed by atoms with E-state index in [0.29, 0.717) is 0 Å². The van der Waals surface area contributed by atoms with Gasteiger partial charge in [-0.25, -0.2) is 0 Å². The van der Waals surface area contributed by atoms with Crippen molar-refractivity contribution in [2.24, 2.45) is 0 Å². The molecule has 0 saturated carbocycles. The van der Waals surface area contributed by atoms with Gasteiger partial charge in [0.1, 0.15) is 0 Å². The minimum atomic E-state index is -4.85. The Hall–Kier alpha value is 0.220. The fraction of sp³-hybridized carbons (Fsp3) is 1.00. The molecule has 0 amide bonds. The Bertz CT molecular complexity index is 455. The SMILES string of the molecule is CCC(CC)(N1CCN(C(CC)(CC)P(=O)([O-])[O-])CC1)P(=O)([O-])[O-]. The van der Waals surface area contributed by atoms with Crippen LogP contribution in [0.3, 0.4) is 0 Å². The van der Waals surface area contributed by atoms with Crippen LogP contribution in [0, 0.1) is 0 Å². The van der Waals surface area contributed by atoms with E-state index >= 15 is 0 Å². The van der Waals surface area contributed by atoms with Crippen molar-refractivity contribution in [3.8, 4) is 0 Å². The summed E-state index contributed by atoms with van der Waals surface area (Å²) >= 11 is 0. The largest absolute Gasteiger partial charge is 0.809 e. The number of nitrogens with zero attached hydrogens (tertiary/aromatic N) is 2. The van der Waals surface area contributed by atoms with Gasteiger partial charge >= 0.3 is 0 Å². The van der Waals surface area contributed by atoms with Crippen LogP contribution in [0.1, 0.15) is 53.4 Å². The molecule has 8 nitrogen and oxygen atoms in total. The predicted octanol–water partition coefficient (Wildman–Crippen LogP) is -0.536. The Morgan fingerprint density at radius 2 is 0.875 bits per heavy atom. The van der Waals surface area contributed by atoms with Crippen molar-refractivity contribution < 1.29 is 28.7 Å². The summed E-state index contributed by atoms with van der Waals surface area (Å²) in [5, 5.41) is -2.89. The first-order valence-electron chi connectivity index (χ1n) is 8.50. The third kappa shape index (κ3) is 3.67. The van der Waals surface area contributed by atoms with Gasteiger partial charge in [-0.05, 0) is 40.9 Å². The molecule has 0 aromatic rings. The zero-order valence-corrected chi connectivity index (χ0v) is 16.7. The molecule has 1 fully saturated rings. The van der Waals surface area contributed by atoms with Gasteiger partial charge in [-0.2, -0.15) is 0 Å².